The van der Waals surface area contributed by atoms with Crippen molar-refractivity contribution in [3.05, 3.63) is 35.1 Å². The first-order valence-corrected chi connectivity index (χ1v) is 5.34. The zero-order chi connectivity index (χ0) is 13.8. The SMILES string of the molecule is CC#CCC(NC)c1cccc(C(F)(F)F)c1F. The van der Waals surface area contributed by atoms with Gasteiger partial charge < -0.3 is 5.32 Å². The summed E-state index contributed by atoms with van der Waals surface area (Å²) in [5.41, 5.74) is -1.26. The second-order valence-corrected chi connectivity index (χ2v) is 3.68. The molecule has 0 aliphatic heterocycles. The summed E-state index contributed by atoms with van der Waals surface area (Å²) in [5, 5.41) is 2.76. The second kappa shape index (κ2) is 5.87. The van der Waals surface area contributed by atoms with Crippen molar-refractivity contribution in [3.8, 4) is 11.8 Å². The van der Waals surface area contributed by atoms with Gasteiger partial charge >= 0.3 is 6.18 Å². The number of benzene rings is 1. The summed E-state index contributed by atoms with van der Waals surface area (Å²) in [6, 6.07) is 2.71. The summed E-state index contributed by atoms with van der Waals surface area (Å²) < 4.78 is 51.5. The quantitative estimate of drug-likeness (QED) is 0.647. The average molecular weight is 259 g/mol. The molecule has 1 aromatic rings. The van der Waals surface area contributed by atoms with Crippen molar-refractivity contribution < 1.29 is 17.6 Å². The van der Waals surface area contributed by atoms with Gasteiger partial charge in [0.15, 0.2) is 0 Å². The van der Waals surface area contributed by atoms with E-state index >= 15 is 0 Å². The number of hydrogen-bond donors (Lipinski definition) is 1. The van der Waals surface area contributed by atoms with E-state index in [1.165, 1.54) is 12.1 Å². The first-order chi connectivity index (χ1) is 8.41. The van der Waals surface area contributed by atoms with Gasteiger partial charge in [0.1, 0.15) is 5.82 Å². The first-order valence-electron chi connectivity index (χ1n) is 5.34. The van der Waals surface area contributed by atoms with Crippen LogP contribution in [0.4, 0.5) is 17.6 Å². The highest BCUT2D eigenvalue weighted by Crippen LogP contribution is 2.34. The molecule has 0 amide bonds. The molecule has 0 bridgehead atoms. The van der Waals surface area contributed by atoms with Crippen LogP contribution in [0.3, 0.4) is 0 Å². The molecule has 0 spiro atoms. The van der Waals surface area contributed by atoms with E-state index in [1.807, 2.05) is 0 Å². The lowest BCUT2D eigenvalue weighted by Gasteiger charge is -2.17. The predicted octanol–water partition coefficient (Wildman–Crippen LogP) is 3.52. The highest BCUT2D eigenvalue weighted by Gasteiger charge is 2.35. The molecule has 1 rings (SSSR count). The van der Waals surface area contributed by atoms with Crippen LogP contribution >= 0.6 is 0 Å². The molecule has 0 aromatic heterocycles. The standard InChI is InChI=1S/C13H13F4N/c1-3-4-8-11(18-2)9-6-5-7-10(12(9)14)13(15,16)17/h5-7,11,18H,8H2,1-2H3. The normalized spacial score (nSPS) is 12.8. The summed E-state index contributed by atoms with van der Waals surface area (Å²) in [6.45, 7) is 1.62. The van der Waals surface area contributed by atoms with E-state index < -0.39 is 23.6 Å². The summed E-state index contributed by atoms with van der Waals surface area (Å²) >= 11 is 0. The van der Waals surface area contributed by atoms with Crippen LogP contribution in [0.5, 0.6) is 0 Å². The molecule has 98 valence electrons. The monoisotopic (exact) mass is 259 g/mol. The fourth-order valence-corrected chi connectivity index (χ4v) is 1.61. The third kappa shape index (κ3) is 3.23. The summed E-state index contributed by atoms with van der Waals surface area (Å²) in [7, 11) is 1.56. The van der Waals surface area contributed by atoms with E-state index in [1.54, 1.807) is 14.0 Å². The third-order valence-corrected chi connectivity index (χ3v) is 2.54. The van der Waals surface area contributed by atoms with Gasteiger partial charge in [0.25, 0.3) is 0 Å². The number of hydrogen-bond acceptors (Lipinski definition) is 1. The maximum Gasteiger partial charge on any atom is 0.419 e. The Bertz CT molecular complexity index is 468. The van der Waals surface area contributed by atoms with Crippen molar-refractivity contribution in [3.63, 3.8) is 0 Å². The minimum atomic E-state index is -4.69. The van der Waals surface area contributed by atoms with Crippen molar-refractivity contribution in [2.24, 2.45) is 0 Å². The van der Waals surface area contributed by atoms with Crippen LogP contribution in [-0.2, 0) is 6.18 Å². The molecule has 18 heavy (non-hydrogen) atoms. The van der Waals surface area contributed by atoms with Gasteiger partial charge in [-0.1, -0.05) is 12.1 Å². The molecule has 0 saturated heterocycles. The molecule has 0 aliphatic carbocycles. The van der Waals surface area contributed by atoms with E-state index in [4.69, 9.17) is 0 Å². The van der Waals surface area contributed by atoms with Crippen molar-refractivity contribution >= 4 is 0 Å². The molecule has 0 saturated carbocycles. The van der Waals surface area contributed by atoms with E-state index in [-0.39, 0.29) is 12.0 Å². The maximum atomic E-state index is 13.8. The van der Waals surface area contributed by atoms with Gasteiger partial charge in [0.2, 0.25) is 0 Å². The number of halogens is 4. The van der Waals surface area contributed by atoms with Gasteiger partial charge in [0.05, 0.1) is 5.56 Å². The van der Waals surface area contributed by atoms with E-state index in [0.29, 0.717) is 0 Å². The average Bonchev–Trinajstić information content (AvgIpc) is 2.30. The largest absolute Gasteiger partial charge is 0.419 e. The van der Waals surface area contributed by atoms with Crippen LogP contribution < -0.4 is 5.32 Å². The fourth-order valence-electron chi connectivity index (χ4n) is 1.61. The summed E-state index contributed by atoms with van der Waals surface area (Å²) in [4.78, 5) is 0. The zero-order valence-electron chi connectivity index (χ0n) is 10.0. The second-order valence-electron chi connectivity index (χ2n) is 3.68. The number of rotatable bonds is 3. The molecule has 1 aromatic carbocycles. The topological polar surface area (TPSA) is 12.0 Å². The third-order valence-electron chi connectivity index (χ3n) is 2.54. The Labute approximate surface area is 103 Å². The Morgan fingerprint density at radius 2 is 2.00 bits per heavy atom. The molecule has 1 nitrogen and oxygen atoms in total. The van der Waals surface area contributed by atoms with E-state index in [0.717, 1.165) is 6.07 Å². The van der Waals surface area contributed by atoms with Gasteiger partial charge in [-0.15, -0.1) is 11.8 Å². The van der Waals surface area contributed by atoms with Gasteiger partial charge in [-0.25, -0.2) is 4.39 Å². The van der Waals surface area contributed by atoms with Gasteiger partial charge in [0, 0.05) is 18.0 Å². The lowest BCUT2D eigenvalue weighted by molar-refractivity contribution is -0.140. The molecule has 0 aliphatic rings. The van der Waals surface area contributed by atoms with Gasteiger partial charge in [-0.3, -0.25) is 0 Å². The van der Waals surface area contributed by atoms with Crippen LogP contribution in [0.1, 0.15) is 30.5 Å². The fraction of sp³-hybridized carbons (Fsp3) is 0.385. The molecule has 0 heterocycles. The molecular weight excluding hydrogens is 246 g/mol. The molecule has 1 atom stereocenters. The van der Waals surface area contributed by atoms with E-state index in [9.17, 15) is 17.6 Å². The number of nitrogens with one attached hydrogen (secondary N) is 1. The smallest absolute Gasteiger partial charge is 0.312 e. The Morgan fingerprint density at radius 1 is 1.33 bits per heavy atom. The van der Waals surface area contributed by atoms with Gasteiger partial charge in [-0.05, 0) is 20.0 Å². The van der Waals surface area contributed by atoms with Crippen LogP contribution in [-0.4, -0.2) is 7.05 Å². The van der Waals surface area contributed by atoms with E-state index in [2.05, 4.69) is 17.2 Å². The van der Waals surface area contributed by atoms with Crippen molar-refractivity contribution in [1.82, 2.24) is 5.32 Å². The van der Waals surface area contributed by atoms with Crippen molar-refractivity contribution in [1.29, 1.82) is 0 Å². The number of alkyl halides is 3. The Kier molecular flexibility index (Phi) is 4.74. The minimum Gasteiger partial charge on any atom is -0.312 e. The van der Waals surface area contributed by atoms with Crippen LogP contribution in [0.25, 0.3) is 0 Å². The van der Waals surface area contributed by atoms with Gasteiger partial charge in [-0.2, -0.15) is 13.2 Å². The highest BCUT2D eigenvalue weighted by molar-refractivity contribution is 5.31. The first kappa shape index (κ1) is 14.5. The van der Waals surface area contributed by atoms with Crippen molar-refractivity contribution in [2.45, 2.75) is 25.6 Å². The molecular formula is C13H13F4N. The highest BCUT2D eigenvalue weighted by atomic mass is 19.4. The Hall–Kier alpha value is -1.54. The molecule has 0 radical (unpaired) electrons. The Balaban J connectivity index is 3.19. The predicted molar refractivity (Wildman–Crippen MR) is 61.3 cm³/mol. The Morgan fingerprint density at radius 3 is 2.50 bits per heavy atom. The maximum absolute atomic E-state index is 13.8. The zero-order valence-corrected chi connectivity index (χ0v) is 10.0. The minimum absolute atomic E-state index is 0.0184. The molecule has 1 unspecified atom stereocenters. The molecule has 1 N–H and O–H groups in total. The van der Waals surface area contributed by atoms with Crippen LogP contribution in [0.2, 0.25) is 0 Å². The lowest BCUT2D eigenvalue weighted by atomic mass is 10.0. The van der Waals surface area contributed by atoms with Crippen molar-refractivity contribution in [2.75, 3.05) is 7.05 Å². The van der Waals surface area contributed by atoms with Crippen LogP contribution in [0, 0.1) is 17.7 Å². The lowest BCUT2D eigenvalue weighted by Crippen LogP contribution is -2.19. The summed E-state index contributed by atoms with van der Waals surface area (Å²) in [5.74, 6) is 4.12. The van der Waals surface area contributed by atoms with Crippen LogP contribution in [0.15, 0.2) is 18.2 Å². The molecule has 0 fully saturated rings. The molecule has 5 heteroatoms. The summed E-state index contributed by atoms with van der Waals surface area (Å²) in [6.07, 6.45) is -4.43.